The molecule has 3 heterocycles. The molecular formula is C24H33F3N6. The summed E-state index contributed by atoms with van der Waals surface area (Å²) in [5, 5.41) is 15.8. The Bertz CT molecular complexity index is 1020. The molecule has 0 amide bonds. The van der Waals surface area contributed by atoms with Crippen LogP contribution in [0.1, 0.15) is 62.4 Å². The fraction of sp³-hybridized carbons (Fsp3) is 0.542. The van der Waals surface area contributed by atoms with Crippen molar-refractivity contribution >= 4 is 11.5 Å². The maximum absolute atomic E-state index is 13.3. The topological polar surface area (TPSA) is 94.7 Å². The summed E-state index contributed by atoms with van der Waals surface area (Å²) >= 11 is 0. The Hall–Kier alpha value is -2.68. The van der Waals surface area contributed by atoms with Gasteiger partial charge in [0.15, 0.2) is 0 Å². The van der Waals surface area contributed by atoms with Crippen LogP contribution in [0.4, 0.5) is 19.0 Å². The van der Waals surface area contributed by atoms with E-state index < -0.39 is 17.6 Å². The first-order valence-electron chi connectivity index (χ1n) is 11.3. The molecule has 3 rings (SSSR count). The quantitative estimate of drug-likeness (QED) is 0.461. The van der Waals surface area contributed by atoms with E-state index in [-0.39, 0.29) is 22.6 Å². The maximum Gasteiger partial charge on any atom is 0.419 e. The van der Waals surface area contributed by atoms with Crippen molar-refractivity contribution in [2.45, 2.75) is 59.7 Å². The normalized spacial score (nSPS) is 20.1. The minimum Gasteiger partial charge on any atom is -0.383 e. The lowest BCUT2D eigenvalue weighted by atomic mass is 9.71. The zero-order valence-electron chi connectivity index (χ0n) is 19.7. The number of hydrogen-bond acceptors (Lipinski definition) is 5. The average molecular weight is 463 g/mol. The molecule has 2 aromatic heterocycles. The zero-order chi connectivity index (χ0) is 24.4. The van der Waals surface area contributed by atoms with Crippen molar-refractivity contribution in [3.63, 3.8) is 0 Å². The number of pyridine rings is 1. The van der Waals surface area contributed by atoms with Gasteiger partial charge >= 0.3 is 6.18 Å². The van der Waals surface area contributed by atoms with Crippen LogP contribution in [0.3, 0.4) is 0 Å². The molecule has 9 heteroatoms. The summed E-state index contributed by atoms with van der Waals surface area (Å²) in [6.45, 7) is 10.9. The third-order valence-electron chi connectivity index (χ3n) is 6.55. The fourth-order valence-corrected chi connectivity index (χ4v) is 4.93. The lowest BCUT2D eigenvalue weighted by Gasteiger charge is -2.35. The van der Waals surface area contributed by atoms with Crippen LogP contribution >= 0.6 is 0 Å². The second-order valence-corrected chi connectivity index (χ2v) is 9.35. The number of halogens is 3. The first-order valence-corrected chi connectivity index (χ1v) is 11.3. The van der Waals surface area contributed by atoms with Gasteiger partial charge in [0.25, 0.3) is 0 Å². The van der Waals surface area contributed by atoms with E-state index in [4.69, 9.17) is 11.1 Å². The van der Waals surface area contributed by atoms with Crippen LogP contribution < -0.4 is 5.73 Å². The molecule has 1 aliphatic rings. The van der Waals surface area contributed by atoms with Crippen LogP contribution in [0.2, 0.25) is 0 Å². The number of aryl methyl sites for hydroxylation is 1. The monoisotopic (exact) mass is 462 g/mol. The van der Waals surface area contributed by atoms with Crippen LogP contribution in [0.15, 0.2) is 30.1 Å². The number of anilines is 1. The minimum absolute atomic E-state index is 0.0232. The first kappa shape index (κ1) is 25.0. The van der Waals surface area contributed by atoms with E-state index in [1.54, 1.807) is 6.08 Å². The average Bonchev–Trinajstić information content (AvgIpc) is 3.32. The van der Waals surface area contributed by atoms with Crippen LogP contribution in [-0.2, 0) is 12.7 Å². The van der Waals surface area contributed by atoms with E-state index >= 15 is 0 Å². The SMILES string of the molecule is CCCC1(/C(=C/C(=N)c2cnc(N)c(C(F)(F)F)c2)C(C)C)CCN(Cc2[nH]ncc2C)C1. The van der Waals surface area contributed by atoms with Crippen molar-refractivity contribution in [1.29, 1.82) is 5.41 Å². The number of rotatable bonds is 8. The molecule has 1 aliphatic heterocycles. The molecule has 1 unspecified atom stereocenters. The summed E-state index contributed by atoms with van der Waals surface area (Å²) in [6.07, 6.45) is 3.10. The second kappa shape index (κ2) is 9.67. The molecule has 180 valence electrons. The Morgan fingerprint density at radius 2 is 2.09 bits per heavy atom. The molecule has 0 bridgehead atoms. The van der Waals surface area contributed by atoms with Gasteiger partial charge in [0.2, 0.25) is 0 Å². The van der Waals surface area contributed by atoms with Crippen molar-refractivity contribution < 1.29 is 13.2 Å². The molecular weight excluding hydrogens is 429 g/mol. The van der Waals surface area contributed by atoms with E-state index in [1.165, 1.54) is 6.20 Å². The van der Waals surface area contributed by atoms with Gasteiger partial charge in [0.1, 0.15) is 5.82 Å². The van der Waals surface area contributed by atoms with Crippen molar-refractivity contribution in [2.24, 2.45) is 11.3 Å². The van der Waals surface area contributed by atoms with Gasteiger partial charge in [-0.25, -0.2) is 4.98 Å². The number of nitrogens with one attached hydrogen (secondary N) is 2. The number of aromatic amines is 1. The van der Waals surface area contributed by atoms with Crippen LogP contribution in [0, 0.1) is 23.7 Å². The Labute approximate surface area is 193 Å². The van der Waals surface area contributed by atoms with Gasteiger partial charge in [0, 0.05) is 30.3 Å². The molecule has 0 aromatic carbocycles. The summed E-state index contributed by atoms with van der Waals surface area (Å²) in [5.74, 6) is -0.426. The summed E-state index contributed by atoms with van der Waals surface area (Å²) in [7, 11) is 0. The summed E-state index contributed by atoms with van der Waals surface area (Å²) < 4.78 is 39.9. The highest BCUT2D eigenvalue weighted by molar-refractivity contribution is 6.07. The van der Waals surface area contributed by atoms with Crippen LogP contribution in [0.25, 0.3) is 0 Å². The highest BCUT2D eigenvalue weighted by atomic mass is 19.4. The number of hydrogen-bond donors (Lipinski definition) is 3. The van der Waals surface area contributed by atoms with Gasteiger partial charge < -0.3 is 11.1 Å². The summed E-state index contributed by atoms with van der Waals surface area (Å²) in [4.78, 5) is 6.09. The Morgan fingerprint density at radius 3 is 2.67 bits per heavy atom. The molecule has 33 heavy (non-hydrogen) atoms. The molecule has 1 saturated heterocycles. The van der Waals surface area contributed by atoms with Gasteiger partial charge in [-0.05, 0) is 49.9 Å². The Morgan fingerprint density at radius 1 is 1.36 bits per heavy atom. The van der Waals surface area contributed by atoms with Gasteiger partial charge in [-0.1, -0.05) is 32.8 Å². The lowest BCUT2D eigenvalue weighted by Crippen LogP contribution is -2.31. The first-order chi connectivity index (χ1) is 15.5. The fourth-order valence-electron chi connectivity index (χ4n) is 4.93. The predicted octanol–water partition coefficient (Wildman–Crippen LogP) is 5.36. The number of nitrogens with zero attached hydrogens (tertiary/aromatic N) is 3. The molecule has 0 aliphatic carbocycles. The van der Waals surface area contributed by atoms with Crippen LogP contribution in [-0.4, -0.2) is 38.9 Å². The number of H-pyrrole nitrogens is 1. The Kier molecular flexibility index (Phi) is 7.31. The van der Waals surface area contributed by atoms with Gasteiger partial charge in [-0.3, -0.25) is 10.00 Å². The number of likely N-dealkylation sites (tertiary alicyclic amines) is 1. The number of nitrogens with two attached hydrogens (primary N) is 1. The molecule has 0 saturated carbocycles. The highest BCUT2D eigenvalue weighted by Crippen LogP contribution is 2.45. The largest absolute Gasteiger partial charge is 0.419 e. The lowest BCUT2D eigenvalue weighted by molar-refractivity contribution is -0.137. The molecule has 0 spiro atoms. The molecule has 0 radical (unpaired) electrons. The van der Waals surface area contributed by atoms with Gasteiger partial charge in [-0.2, -0.15) is 18.3 Å². The highest BCUT2D eigenvalue weighted by Gasteiger charge is 2.41. The number of aromatic nitrogens is 3. The van der Waals surface area contributed by atoms with E-state index in [1.807, 2.05) is 13.1 Å². The maximum atomic E-state index is 13.3. The van der Waals surface area contributed by atoms with Crippen molar-refractivity contribution in [3.8, 4) is 0 Å². The zero-order valence-corrected chi connectivity index (χ0v) is 19.7. The van der Waals surface area contributed by atoms with E-state index in [0.29, 0.717) is 0 Å². The second-order valence-electron chi connectivity index (χ2n) is 9.35. The van der Waals surface area contributed by atoms with E-state index in [2.05, 4.69) is 40.9 Å². The molecule has 1 atom stereocenters. The minimum atomic E-state index is -4.61. The van der Waals surface area contributed by atoms with Crippen molar-refractivity contribution in [1.82, 2.24) is 20.1 Å². The van der Waals surface area contributed by atoms with Crippen molar-refractivity contribution in [3.05, 3.63) is 52.5 Å². The predicted molar refractivity (Wildman–Crippen MR) is 124 cm³/mol. The Balaban J connectivity index is 1.92. The smallest absolute Gasteiger partial charge is 0.383 e. The molecule has 1 fully saturated rings. The standard InChI is InChI=1S/C24H33F3N6/c1-5-6-23(7-8-33(14-23)13-21-16(4)11-31-32-21)18(15(2)3)10-20(28)17-9-19(24(25,26)27)22(29)30-12-17/h9-12,15,28H,5-8,13-14H2,1-4H3,(H2,29,30)(H,31,32)/b18-10+,28-20?. The van der Waals surface area contributed by atoms with Gasteiger partial charge in [-0.15, -0.1) is 0 Å². The molecule has 2 aromatic rings. The number of allylic oxidation sites excluding steroid dienone is 1. The third kappa shape index (κ3) is 5.46. The third-order valence-corrected chi connectivity index (χ3v) is 6.55. The molecule has 4 N–H and O–H groups in total. The van der Waals surface area contributed by atoms with E-state index in [0.717, 1.165) is 61.8 Å². The number of nitrogen functional groups attached to an aromatic ring is 1. The summed E-state index contributed by atoms with van der Waals surface area (Å²) in [6, 6.07) is 0.924. The number of alkyl halides is 3. The van der Waals surface area contributed by atoms with Gasteiger partial charge in [0.05, 0.1) is 23.2 Å². The molecule has 6 nitrogen and oxygen atoms in total. The van der Waals surface area contributed by atoms with Crippen LogP contribution in [0.5, 0.6) is 0 Å². The summed E-state index contributed by atoms with van der Waals surface area (Å²) in [5.41, 5.74) is 7.76. The van der Waals surface area contributed by atoms with Crippen molar-refractivity contribution in [2.75, 3.05) is 18.8 Å². The van der Waals surface area contributed by atoms with E-state index in [9.17, 15) is 13.2 Å².